The maximum absolute atomic E-state index is 13.7. The molecule has 1 saturated heterocycles. The standard InChI is InChI=1S/C24H32FN5O2/c1-29(2)23(31)16-27-24(26-15-18-9-11-22(32-3)12-10-18)28-20-7-5-13-30(17-20)21-8-4-6-19(25)14-21/h4,6,8-12,14,20H,5,7,13,15-17H2,1-3H3,(H2,26,27,28). The summed E-state index contributed by atoms with van der Waals surface area (Å²) in [5.74, 6) is 1.12. The maximum atomic E-state index is 13.7. The first-order valence-corrected chi connectivity index (χ1v) is 10.8. The van der Waals surface area contributed by atoms with E-state index in [-0.39, 0.29) is 24.3 Å². The molecule has 172 valence electrons. The van der Waals surface area contributed by atoms with Gasteiger partial charge in [0, 0.05) is 38.9 Å². The Balaban J connectivity index is 1.68. The van der Waals surface area contributed by atoms with Crippen molar-refractivity contribution in [3.8, 4) is 5.75 Å². The van der Waals surface area contributed by atoms with Crippen molar-refractivity contribution in [1.29, 1.82) is 0 Å². The molecular weight excluding hydrogens is 409 g/mol. The molecule has 2 aromatic carbocycles. The number of guanidine groups is 1. The lowest BCUT2D eigenvalue weighted by Crippen LogP contribution is -2.52. The third-order valence-corrected chi connectivity index (χ3v) is 5.42. The maximum Gasteiger partial charge on any atom is 0.241 e. The number of anilines is 1. The fraction of sp³-hybridized carbons (Fsp3) is 0.417. The Bertz CT molecular complexity index is 917. The molecule has 1 heterocycles. The van der Waals surface area contributed by atoms with Crippen LogP contribution in [0, 0.1) is 5.82 Å². The van der Waals surface area contributed by atoms with Crippen LogP contribution in [0.1, 0.15) is 18.4 Å². The quantitative estimate of drug-likeness (QED) is 0.511. The van der Waals surface area contributed by atoms with Crippen molar-refractivity contribution in [2.24, 2.45) is 4.99 Å². The minimum atomic E-state index is -0.233. The first kappa shape index (κ1) is 23.4. The van der Waals surface area contributed by atoms with E-state index in [9.17, 15) is 9.18 Å². The number of hydrogen-bond acceptors (Lipinski definition) is 4. The highest BCUT2D eigenvalue weighted by molar-refractivity contribution is 5.86. The number of carbonyl (C=O) groups is 1. The number of rotatable bonds is 7. The minimum absolute atomic E-state index is 0.0334. The number of hydrogen-bond donors (Lipinski definition) is 2. The van der Waals surface area contributed by atoms with Crippen LogP contribution in [0.25, 0.3) is 0 Å². The van der Waals surface area contributed by atoms with Crippen LogP contribution in [0.4, 0.5) is 10.1 Å². The minimum Gasteiger partial charge on any atom is -0.497 e. The van der Waals surface area contributed by atoms with E-state index < -0.39 is 0 Å². The molecule has 32 heavy (non-hydrogen) atoms. The predicted octanol–water partition coefficient (Wildman–Crippen LogP) is 2.63. The van der Waals surface area contributed by atoms with Gasteiger partial charge in [-0.05, 0) is 48.7 Å². The number of likely N-dealkylation sites (N-methyl/N-ethyl adjacent to an activating group) is 1. The van der Waals surface area contributed by atoms with Crippen LogP contribution < -0.4 is 20.3 Å². The van der Waals surface area contributed by atoms with Gasteiger partial charge in [-0.2, -0.15) is 0 Å². The molecule has 0 bridgehead atoms. The Labute approximate surface area is 189 Å². The van der Waals surface area contributed by atoms with E-state index in [4.69, 9.17) is 9.73 Å². The van der Waals surface area contributed by atoms with E-state index in [0.717, 1.165) is 42.9 Å². The van der Waals surface area contributed by atoms with E-state index >= 15 is 0 Å². The van der Waals surface area contributed by atoms with Gasteiger partial charge in [-0.25, -0.2) is 9.38 Å². The number of benzene rings is 2. The van der Waals surface area contributed by atoms with Crippen LogP contribution in [0.2, 0.25) is 0 Å². The van der Waals surface area contributed by atoms with Gasteiger partial charge in [-0.1, -0.05) is 18.2 Å². The highest BCUT2D eigenvalue weighted by atomic mass is 19.1. The molecule has 7 nitrogen and oxygen atoms in total. The van der Waals surface area contributed by atoms with Crippen molar-refractivity contribution in [3.05, 3.63) is 59.9 Å². The molecule has 1 atom stereocenters. The molecule has 2 N–H and O–H groups in total. The van der Waals surface area contributed by atoms with E-state index in [1.165, 1.54) is 6.07 Å². The van der Waals surface area contributed by atoms with Gasteiger partial charge < -0.3 is 25.2 Å². The number of ether oxygens (including phenoxy) is 1. The lowest BCUT2D eigenvalue weighted by Gasteiger charge is -2.35. The summed E-state index contributed by atoms with van der Waals surface area (Å²) in [6.45, 7) is 2.23. The zero-order valence-corrected chi connectivity index (χ0v) is 19.0. The Morgan fingerprint density at radius 2 is 2.03 bits per heavy atom. The fourth-order valence-electron chi connectivity index (χ4n) is 3.57. The van der Waals surface area contributed by atoms with E-state index in [1.54, 1.807) is 38.2 Å². The summed E-state index contributed by atoms with van der Waals surface area (Å²) in [4.78, 5) is 20.5. The third kappa shape index (κ3) is 6.87. The molecule has 0 radical (unpaired) electrons. The van der Waals surface area contributed by atoms with Gasteiger partial charge in [-0.15, -0.1) is 0 Å². The van der Waals surface area contributed by atoms with Crippen LogP contribution in [-0.2, 0) is 11.3 Å². The van der Waals surface area contributed by atoms with Crippen LogP contribution in [0.5, 0.6) is 5.75 Å². The molecule has 0 aromatic heterocycles. The van der Waals surface area contributed by atoms with Gasteiger partial charge in [-0.3, -0.25) is 4.79 Å². The Hall–Kier alpha value is -3.29. The van der Waals surface area contributed by atoms with Crippen LogP contribution in [-0.4, -0.2) is 63.6 Å². The average Bonchev–Trinajstić information content (AvgIpc) is 2.81. The molecule has 1 aliphatic rings. The number of methoxy groups -OCH3 is 1. The molecule has 0 aliphatic carbocycles. The van der Waals surface area contributed by atoms with E-state index in [1.807, 2.05) is 30.3 Å². The SMILES string of the molecule is COc1ccc(CN=C(NCC(=O)N(C)C)NC2CCCN(c3cccc(F)c3)C2)cc1. The number of amides is 1. The van der Waals surface area contributed by atoms with Gasteiger partial charge in [0.1, 0.15) is 11.6 Å². The van der Waals surface area contributed by atoms with Crippen molar-refractivity contribution >= 4 is 17.6 Å². The molecule has 1 fully saturated rings. The number of aliphatic imine (C=N–C) groups is 1. The fourth-order valence-corrected chi connectivity index (χ4v) is 3.57. The largest absolute Gasteiger partial charge is 0.497 e. The number of halogens is 1. The molecule has 1 aliphatic heterocycles. The normalized spacial score (nSPS) is 16.4. The first-order chi connectivity index (χ1) is 15.4. The molecule has 1 unspecified atom stereocenters. The average molecular weight is 442 g/mol. The number of piperidine rings is 1. The van der Waals surface area contributed by atoms with Crippen LogP contribution in [0.15, 0.2) is 53.5 Å². The molecule has 2 aromatic rings. The second-order valence-corrected chi connectivity index (χ2v) is 8.06. The van der Waals surface area contributed by atoms with Crippen molar-refractivity contribution in [2.75, 3.05) is 45.7 Å². The van der Waals surface area contributed by atoms with E-state index in [2.05, 4.69) is 15.5 Å². The predicted molar refractivity (Wildman–Crippen MR) is 126 cm³/mol. The van der Waals surface area contributed by atoms with Gasteiger partial charge in [0.15, 0.2) is 5.96 Å². The highest BCUT2D eigenvalue weighted by Crippen LogP contribution is 2.21. The van der Waals surface area contributed by atoms with Crippen molar-refractivity contribution in [3.63, 3.8) is 0 Å². The zero-order valence-electron chi connectivity index (χ0n) is 19.0. The molecule has 3 rings (SSSR count). The lowest BCUT2D eigenvalue weighted by molar-refractivity contribution is -0.127. The second kappa shape index (κ2) is 11.4. The van der Waals surface area contributed by atoms with Crippen LogP contribution in [0.3, 0.4) is 0 Å². The second-order valence-electron chi connectivity index (χ2n) is 8.06. The smallest absolute Gasteiger partial charge is 0.241 e. The first-order valence-electron chi connectivity index (χ1n) is 10.8. The molecule has 1 amide bonds. The van der Waals surface area contributed by atoms with Gasteiger partial charge >= 0.3 is 0 Å². The monoisotopic (exact) mass is 441 g/mol. The number of nitrogens with zero attached hydrogens (tertiary/aromatic N) is 3. The summed E-state index contributed by atoms with van der Waals surface area (Å²) < 4.78 is 18.9. The van der Waals surface area contributed by atoms with Gasteiger partial charge in [0.2, 0.25) is 5.91 Å². The zero-order chi connectivity index (χ0) is 22.9. The Kier molecular flexibility index (Phi) is 8.30. The third-order valence-electron chi connectivity index (χ3n) is 5.42. The summed E-state index contributed by atoms with van der Waals surface area (Å²) in [5.41, 5.74) is 1.92. The Morgan fingerprint density at radius 3 is 2.72 bits per heavy atom. The topological polar surface area (TPSA) is 69.2 Å². The summed E-state index contributed by atoms with van der Waals surface area (Å²) in [6.07, 6.45) is 1.95. The molecular formula is C24H32FN5O2. The van der Waals surface area contributed by atoms with Crippen molar-refractivity contribution in [1.82, 2.24) is 15.5 Å². The summed E-state index contributed by atoms with van der Waals surface area (Å²) >= 11 is 0. The van der Waals surface area contributed by atoms with E-state index in [0.29, 0.717) is 12.5 Å². The molecule has 0 saturated carbocycles. The van der Waals surface area contributed by atoms with Crippen molar-refractivity contribution in [2.45, 2.75) is 25.4 Å². The lowest BCUT2D eigenvalue weighted by atomic mass is 10.0. The number of carbonyl (C=O) groups excluding carboxylic acids is 1. The molecule has 8 heteroatoms. The molecule has 0 spiro atoms. The summed E-state index contributed by atoms with van der Waals surface area (Å²) in [5, 5.41) is 6.61. The van der Waals surface area contributed by atoms with Crippen LogP contribution >= 0.6 is 0 Å². The van der Waals surface area contributed by atoms with Gasteiger partial charge in [0.25, 0.3) is 0 Å². The summed E-state index contributed by atoms with van der Waals surface area (Å²) in [6, 6.07) is 14.6. The highest BCUT2D eigenvalue weighted by Gasteiger charge is 2.21. The van der Waals surface area contributed by atoms with Gasteiger partial charge in [0.05, 0.1) is 20.2 Å². The Morgan fingerprint density at radius 1 is 1.25 bits per heavy atom. The summed E-state index contributed by atoms with van der Waals surface area (Å²) in [7, 11) is 5.09. The number of nitrogens with one attached hydrogen (secondary N) is 2. The van der Waals surface area contributed by atoms with Crippen molar-refractivity contribution < 1.29 is 13.9 Å².